The van der Waals surface area contributed by atoms with E-state index in [4.69, 9.17) is 15.2 Å². The number of alkyl halides is 2. The van der Waals surface area contributed by atoms with Gasteiger partial charge in [-0.25, -0.2) is 4.99 Å². The quantitative estimate of drug-likeness (QED) is 0.359. The topological polar surface area (TPSA) is 78.1 Å². The number of hydrogen-bond donors (Lipinski definition) is 2. The zero-order valence-electron chi connectivity index (χ0n) is 14.2. The normalized spacial score (nSPS) is 10.9. The number of aliphatic imine (C=N–C) groups is 1. The Hall–Kier alpha value is -2.30. The lowest BCUT2D eigenvalue weighted by atomic mass is 10.2. The highest BCUT2D eigenvalue weighted by molar-refractivity contribution is 14.0. The van der Waals surface area contributed by atoms with Crippen LogP contribution in [0.3, 0.4) is 0 Å². The van der Waals surface area contributed by atoms with Gasteiger partial charge in [-0.1, -0.05) is 0 Å². The fourth-order valence-corrected chi connectivity index (χ4v) is 2.05. The van der Waals surface area contributed by atoms with E-state index < -0.39 is 6.61 Å². The van der Waals surface area contributed by atoms with Crippen molar-refractivity contribution in [1.29, 1.82) is 0 Å². The Morgan fingerprint density at radius 3 is 2.27 bits per heavy atom. The molecule has 2 aromatic carbocycles. The first-order valence-electron chi connectivity index (χ1n) is 7.34. The Kier molecular flexibility index (Phi) is 8.90. The van der Waals surface area contributed by atoms with Crippen LogP contribution < -0.4 is 25.3 Å². The van der Waals surface area contributed by atoms with E-state index in [2.05, 4.69) is 15.0 Å². The molecule has 3 N–H and O–H groups in total. The molecule has 26 heavy (non-hydrogen) atoms. The van der Waals surface area contributed by atoms with Gasteiger partial charge in [0, 0.05) is 11.3 Å². The Morgan fingerprint density at radius 1 is 1.08 bits per heavy atom. The van der Waals surface area contributed by atoms with Crippen LogP contribution in [0.25, 0.3) is 0 Å². The molecule has 0 heterocycles. The lowest BCUT2D eigenvalue weighted by Gasteiger charge is -2.11. The molecule has 0 unspecified atom stereocenters. The fourth-order valence-electron chi connectivity index (χ4n) is 2.05. The van der Waals surface area contributed by atoms with E-state index in [9.17, 15) is 8.78 Å². The summed E-state index contributed by atoms with van der Waals surface area (Å²) in [7, 11) is 3.06. The third-order valence-corrected chi connectivity index (χ3v) is 3.27. The summed E-state index contributed by atoms with van der Waals surface area (Å²) in [6.07, 6.45) is 0. The first-order chi connectivity index (χ1) is 12.0. The van der Waals surface area contributed by atoms with Crippen LogP contribution in [0.5, 0.6) is 17.2 Å². The molecule has 0 saturated heterocycles. The van der Waals surface area contributed by atoms with Gasteiger partial charge in [-0.2, -0.15) is 8.78 Å². The molecular formula is C17H20F2IN3O3. The number of guanidine groups is 1. The summed E-state index contributed by atoms with van der Waals surface area (Å²) in [5.74, 6) is 1.38. The van der Waals surface area contributed by atoms with E-state index in [1.54, 1.807) is 37.4 Å². The lowest BCUT2D eigenvalue weighted by Crippen LogP contribution is -2.22. The second kappa shape index (κ2) is 10.6. The number of benzene rings is 2. The van der Waals surface area contributed by atoms with Crippen molar-refractivity contribution in [2.75, 3.05) is 19.5 Å². The van der Waals surface area contributed by atoms with Gasteiger partial charge in [-0.3, -0.25) is 0 Å². The average molecular weight is 479 g/mol. The molecule has 0 bridgehead atoms. The van der Waals surface area contributed by atoms with Gasteiger partial charge in [-0.05, 0) is 42.5 Å². The van der Waals surface area contributed by atoms with E-state index in [-0.39, 0.29) is 42.2 Å². The Morgan fingerprint density at radius 2 is 1.69 bits per heavy atom. The van der Waals surface area contributed by atoms with Crippen LogP contribution in [-0.2, 0) is 6.54 Å². The second-order valence-corrected chi connectivity index (χ2v) is 4.91. The SMILES string of the molecule is COc1ccc(NC(N)=NCc2cc(OC)ccc2OC(F)F)cc1.I. The molecule has 0 aliphatic heterocycles. The predicted octanol–water partition coefficient (Wildman–Crippen LogP) is 3.85. The summed E-state index contributed by atoms with van der Waals surface area (Å²) < 4.78 is 39.6. The van der Waals surface area contributed by atoms with Crippen molar-refractivity contribution in [3.63, 3.8) is 0 Å². The first kappa shape index (κ1) is 21.7. The highest BCUT2D eigenvalue weighted by Crippen LogP contribution is 2.26. The maximum Gasteiger partial charge on any atom is 0.387 e. The summed E-state index contributed by atoms with van der Waals surface area (Å²) in [6.45, 7) is -2.88. The summed E-state index contributed by atoms with van der Waals surface area (Å²) in [5, 5.41) is 2.90. The molecule has 0 aliphatic carbocycles. The van der Waals surface area contributed by atoms with Crippen LogP contribution in [0, 0.1) is 0 Å². The van der Waals surface area contributed by atoms with E-state index in [0.29, 0.717) is 17.1 Å². The summed E-state index contributed by atoms with van der Waals surface area (Å²) in [6, 6.07) is 11.6. The Labute approximate surface area is 167 Å². The molecule has 0 amide bonds. The number of anilines is 1. The van der Waals surface area contributed by atoms with E-state index in [1.807, 2.05) is 0 Å². The predicted molar refractivity (Wildman–Crippen MR) is 107 cm³/mol. The minimum absolute atomic E-state index is 0. The molecule has 0 radical (unpaired) electrons. The minimum atomic E-state index is -2.93. The number of nitrogens with one attached hydrogen (secondary N) is 1. The van der Waals surface area contributed by atoms with Crippen molar-refractivity contribution in [3.8, 4) is 17.2 Å². The lowest BCUT2D eigenvalue weighted by molar-refractivity contribution is -0.0504. The first-order valence-corrected chi connectivity index (χ1v) is 7.34. The van der Waals surface area contributed by atoms with Gasteiger partial charge >= 0.3 is 6.61 Å². The van der Waals surface area contributed by atoms with E-state index in [1.165, 1.54) is 19.2 Å². The number of nitrogens with two attached hydrogens (primary N) is 1. The zero-order valence-corrected chi connectivity index (χ0v) is 16.6. The Bertz CT molecular complexity index is 728. The third-order valence-electron chi connectivity index (χ3n) is 3.27. The summed E-state index contributed by atoms with van der Waals surface area (Å²) in [4.78, 5) is 4.15. The van der Waals surface area contributed by atoms with Crippen LogP contribution in [-0.4, -0.2) is 26.8 Å². The molecule has 0 spiro atoms. The second-order valence-electron chi connectivity index (χ2n) is 4.91. The molecule has 0 aliphatic rings. The molecular weight excluding hydrogens is 459 g/mol. The van der Waals surface area contributed by atoms with Crippen molar-refractivity contribution in [1.82, 2.24) is 0 Å². The molecule has 9 heteroatoms. The molecule has 6 nitrogen and oxygen atoms in total. The molecule has 0 fully saturated rings. The summed E-state index contributed by atoms with van der Waals surface area (Å²) >= 11 is 0. The van der Waals surface area contributed by atoms with Crippen molar-refractivity contribution >= 4 is 35.6 Å². The van der Waals surface area contributed by atoms with E-state index >= 15 is 0 Å². The number of methoxy groups -OCH3 is 2. The molecule has 0 atom stereocenters. The van der Waals surface area contributed by atoms with Crippen molar-refractivity contribution in [2.24, 2.45) is 10.7 Å². The monoisotopic (exact) mass is 479 g/mol. The van der Waals surface area contributed by atoms with Gasteiger partial charge in [0.25, 0.3) is 0 Å². The highest BCUT2D eigenvalue weighted by atomic mass is 127. The van der Waals surface area contributed by atoms with Crippen LogP contribution >= 0.6 is 24.0 Å². The highest BCUT2D eigenvalue weighted by Gasteiger charge is 2.11. The minimum Gasteiger partial charge on any atom is -0.497 e. The molecule has 0 aromatic heterocycles. The number of rotatable bonds is 7. The Balaban J connectivity index is 0.00000338. The third kappa shape index (κ3) is 6.54. The van der Waals surface area contributed by atoms with Crippen LogP contribution in [0.1, 0.15) is 5.56 Å². The average Bonchev–Trinajstić information content (AvgIpc) is 2.61. The maximum atomic E-state index is 12.5. The van der Waals surface area contributed by atoms with Gasteiger partial charge in [-0.15, -0.1) is 24.0 Å². The molecule has 2 aromatic rings. The maximum absolute atomic E-state index is 12.5. The molecule has 0 saturated carbocycles. The van der Waals surface area contributed by atoms with Crippen LogP contribution in [0.15, 0.2) is 47.5 Å². The number of ether oxygens (including phenoxy) is 3. The number of hydrogen-bond acceptors (Lipinski definition) is 4. The van der Waals surface area contributed by atoms with Crippen molar-refractivity contribution < 1.29 is 23.0 Å². The standard InChI is InChI=1S/C17H19F2N3O3.HI/c1-23-13-5-3-12(4-6-13)22-17(20)21-10-11-9-14(24-2)7-8-15(11)25-16(18)19;/h3-9,16H,10H2,1-2H3,(H3,20,21,22);1H. The van der Waals surface area contributed by atoms with Crippen LogP contribution in [0.4, 0.5) is 14.5 Å². The van der Waals surface area contributed by atoms with Crippen molar-refractivity contribution in [2.45, 2.75) is 13.2 Å². The largest absolute Gasteiger partial charge is 0.497 e. The van der Waals surface area contributed by atoms with Gasteiger partial charge in [0.15, 0.2) is 5.96 Å². The number of halogens is 3. The fraction of sp³-hybridized carbons (Fsp3) is 0.235. The zero-order chi connectivity index (χ0) is 18.2. The van der Waals surface area contributed by atoms with Gasteiger partial charge in [0.1, 0.15) is 17.2 Å². The number of nitrogens with zero attached hydrogens (tertiary/aromatic N) is 1. The van der Waals surface area contributed by atoms with Crippen molar-refractivity contribution in [3.05, 3.63) is 48.0 Å². The van der Waals surface area contributed by atoms with E-state index in [0.717, 1.165) is 5.69 Å². The van der Waals surface area contributed by atoms with Crippen LogP contribution in [0.2, 0.25) is 0 Å². The van der Waals surface area contributed by atoms with Gasteiger partial charge in [0.2, 0.25) is 0 Å². The van der Waals surface area contributed by atoms with Gasteiger partial charge in [0.05, 0.1) is 20.8 Å². The summed E-state index contributed by atoms with van der Waals surface area (Å²) in [5.41, 5.74) is 6.98. The van der Waals surface area contributed by atoms with Gasteiger partial charge < -0.3 is 25.3 Å². The smallest absolute Gasteiger partial charge is 0.387 e. The molecule has 2 rings (SSSR count). The molecule has 142 valence electrons.